The van der Waals surface area contributed by atoms with E-state index in [-0.39, 0.29) is 24.0 Å². The van der Waals surface area contributed by atoms with E-state index in [1.54, 1.807) is 30.3 Å². The molecule has 0 saturated heterocycles. The molecule has 10 heteroatoms. The number of nitrogens with zero attached hydrogens (tertiary/aromatic N) is 2. The molecule has 2 N–H and O–H groups in total. The molecule has 2 amide bonds. The number of nitrogens with one attached hydrogen (secondary N) is 2. The van der Waals surface area contributed by atoms with Crippen molar-refractivity contribution in [1.29, 1.82) is 0 Å². The number of hydrogen-bond acceptors (Lipinski definition) is 6. The SMILES string of the molecule is COc1ccc(CNC(=O)Nc2ccc(-c3nc(C(C)C)no3)cc2)cc1OC(F)F. The van der Waals surface area contributed by atoms with Gasteiger partial charge >= 0.3 is 12.6 Å². The summed E-state index contributed by atoms with van der Waals surface area (Å²) in [4.78, 5) is 16.5. The second-order valence-electron chi connectivity index (χ2n) is 6.86. The van der Waals surface area contributed by atoms with Crippen LogP contribution in [0.15, 0.2) is 47.0 Å². The molecule has 2 aromatic carbocycles. The van der Waals surface area contributed by atoms with E-state index in [4.69, 9.17) is 9.26 Å². The highest BCUT2D eigenvalue weighted by Gasteiger charge is 2.13. The molecule has 3 rings (SSSR count). The van der Waals surface area contributed by atoms with Crippen LogP contribution in [0, 0.1) is 0 Å². The Hall–Kier alpha value is -3.69. The van der Waals surface area contributed by atoms with Crippen LogP contribution in [0.3, 0.4) is 0 Å². The number of anilines is 1. The highest BCUT2D eigenvalue weighted by molar-refractivity contribution is 5.89. The van der Waals surface area contributed by atoms with Crippen molar-refractivity contribution < 1.29 is 27.6 Å². The highest BCUT2D eigenvalue weighted by atomic mass is 19.3. The number of carbonyl (C=O) groups excluding carboxylic acids is 1. The van der Waals surface area contributed by atoms with E-state index >= 15 is 0 Å². The maximum atomic E-state index is 12.5. The molecule has 8 nitrogen and oxygen atoms in total. The second kappa shape index (κ2) is 9.88. The van der Waals surface area contributed by atoms with Crippen molar-refractivity contribution in [2.45, 2.75) is 32.9 Å². The number of halogens is 2. The lowest BCUT2D eigenvalue weighted by Gasteiger charge is -2.12. The number of alkyl halides is 2. The number of amides is 2. The average molecular weight is 432 g/mol. The van der Waals surface area contributed by atoms with Crippen LogP contribution in [0.4, 0.5) is 19.3 Å². The highest BCUT2D eigenvalue weighted by Crippen LogP contribution is 2.29. The molecule has 31 heavy (non-hydrogen) atoms. The molecular formula is C21H22F2N4O4. The summed E-state index contributed by atoms with van der Waals surface area (Å²) >= 11 is 0. The van der Waals surface area contributed by atoms with Gasteiger partial charge in [0.25, 0.3) is 5.89 Å². The number of ether oxygens (including phenoxy) is 2. The van der Waals surface area contributed by atoms with Gasteiger partial charge in [-0.25, -0.2) is 4.79 Å². The third kappa shape index (κ3) is 5.91. The zero-order chi connectivity index (χ0) is 22.4. The van der Waals surface area contributed by atoms with Gasteiger partial charge in [0.05, 0.1) is 7.11 Å². The van der Waals surface area contributed by atoms with Gasteiger partial charge in [-0.2, -0.15) is 13.8 Å². The van der Waals surface area contributed by atoms with Crippen LogP contribution in [0.25, 0.3) is 11.5 Å². The lowest BCUT2D eigenvalue weighted by atomic mass is 10.2. The van der Waals surface area contributed by atoms with Gasteiger partial charge in [0.1, 0.15) is 0 Å². The Bertz CT molecular complexity index is 1020. The van der Waals surface area contributed by atoms with Crippen molar-refractivity contribution in [2.75, 3.05) is 12.4 Å². The Morgan fingerprint density at radius 3 is 2.48 bits per heavy atom. The first-order valence-electron chi connectivity index (χ1n) is 9.46. The topological polar surface area (TPSA) is 98.5 Å². The zero-order valence-electron chi connectivity index (χ0n) is 17.2. The van der Waals surface area contributed by atoms with Crippen molar-refractivity contribution in [2.24, 2.45) is 0 Å². The van der Waals surface area contributed by atoms with E-state index in [1.807, 2.05) is 13.8 Å². The predicted molar refractivity (Wildman–Crippen MR) is 109 cm³/mol. The Morgan fingerprint density at radius 2 is 1.87 bits per heavy atom. The van der Waals surface area contributed by atoms with Gasteiger partial charge in [0.2, 0.25) is 0 Å². The van der Waals surface area contributed by atoms with E-state index in [0.29, 0.717) is 23.0 Å². The van der Waals surface area contributed by atoms with Crippen LogP contribution in [-0.2, 0) is 6.54 Å². The molecule has 0 unspecified atom stereocenters. The van der Waals surface area contributed by atoms with Crippen LogP contribution in [0.1, 0.15) is 31.2 Å². The fourth-order valence-corrected chi connectivity index (χ4v) is 2.66. The van der Waals surface area contributed by atoms with E-state index in [1.165, 1.54) is 19.2 Å². The molecule has 3 aromatic rings. The first kappa shape index (κ1) is 22.0. The Balaban J connectivity index is 1.57. The second-order valence-corrected chi connectivity index (χ2v) is 6.86. The molecule has 0 aliphatic rings. The third-order valence-corrected chi connectivity index (χ3v) is 4.25. The summed E-state index contributed by atoms with van der Waals surface area (Å²) in [6.45, 7) is 1.07. The summed E-state index contributed by atoms with van der Waals surface area (Å²) in [5, 5.41) is 9.27. The van der Waals surface area contributed by atoms with Crippen molar-refractivity contribution in [3.05, 3.63) is 53.9 Å². The summed E-state index contributed by atoms with van der Waals surface area (Å²) in [7, 11) is 1.35. The first-order chi connectivity index (χ1) is 14.9. The van der Waals surface area contributed by atoms with E-state index in [2.05, 4.69) is 25.5 Å². The zero-order valence-corrected chi connectivity index (χ0v) is 17.2. The van der Waals surface area contributed by atoms with E-state index < -0.39 is 12.6 Å². The van der Waals surface area contributed by atoms with Gasteiger partial charge in [-0.15, -0.1) is 0 Å². The third-order valence-electron chi connectivity index (χ3n) is 4.25. The number of methoxy groups -OCH3 is 1. The molecule has 0 aliphatic carbocycles. The monoisotopic (exact) mass is 432 g/mol. The van der Waals surface area contributed by atoms with Crippen molar-refractivity contribution in [1.82, 2.24) is 15.5 Å². The fraction of sp³-hybridized carbons (Fsp3) is 0.286. The fourth-order valence-electron chi connectivity index (χ4n) is 2.66. The number of benzene rings is 2. The summed E-state index contributed by atoms with van der Waals surface area (Å²) < 4.78 is 39.7. The molecule has 1 aromatic heterocycles. The van der Waals surface area contributed by atoms with Crippen LogP contribution in [0.2, 0.25) is 0 Å². The van der Waals surface area contributed by atoms with Gasteiger partial charge < -0.3 is 24.6 Å². The average Bonchev–Trinajstić information content (AvgIpc) is 3.23. The van der Waals surface area contributed by atoms with Gasteiger partial charge in [-0.05, 0) is 42.0 Å². The van der Waals surface area contributed by atoms with Crippen LogP contribution in [-0.4, -0.2) is 29.9 Å². The molecule has 0 atom stereocenters. The van der Waals surface area contributed by atoms with Gasteiger partial charge in [0.15, 0.2) is 17.3 Å². The molecule has 0 fully saturated rings. The van der Waals surface area contributed by atoms with Gasteiger partial charge in [-0.3, -0.25) is 0 Å². The van der Waals surface area contributed by atoms with E-state index in [0.717, 1.165) is 5.56 Å². The molecule has 0 radical (unpaired) electrons. The molecule has 1 heterocycles. The van der Waals surface area contributed by atoms with Crippen molar-refractivity contribution >= 4 is 11.7 Å². The number of rotatable bonds is 8. The number of urea groups is 1. The number of carbonyl (C=O) groups is 1. The maximum absolute atomic E-state index is 12.5. The molecule has 0 aliphatic heterocycles. The van der Waals surface area contributed by atoms with Crippen LogP contribution < -0.4 is 20.1 Å². The molecule has 0 saturated carbocycles. The summed E-state index contributed by atoms with van der Waals surface area (Å²) in [6, 6.07) is 11.0. The summed E-state index contributed by atoms with van der Waals surface area (Å²) in [6.07, 6.45) is 0. The molecule has 164 valence electrons. The maximum Gasteiger partial charge on any atom is 0.387 e. The van der Waals surface area contributed by atoms with E-state index in [9.17, 15) is 13.6 Å². The molecular weight excluding hydrogens is 410 g/mol. The Kier molecular flexibility index (Phi) is 7.01. The summed E-state index contributed by atoms with van der Waals surface area (Å²) in [5.41, 5.74) is 1.86. The van der Waals surface area contributed by atoms with Gasteiger partial charge in [0, 0.05) is 23.7 Å². The summed E-state index contributed by atoms with van der Waals surface area (Å²) in [5.74, 6) is 1.26. The largest absolute Gasteiger partial charge is 0.493 e. The van der Waals surface area contributed by atoms with Crippen molar-refractivity contribution in [3.63, 3.8) is 0 Å². The van der Waals surface area contributed by atoms with Crippen molar-refractivity contribution in [3.8, 4) is 23.0 Å². The Morgan fingerprint density at radius 1 is 1.13 bits per heavy atom. The molecule has 0 bridgehead atoms. The smallest absolute Gasteiger partial charge is 0.387 e. The minimum atomic E-state index is -2.98. The standard InChI is InChI=1S/C21H22F2N4O4/c1-12(2)18-26-19(31-27-18)14-5-7-15(8-6-14)25-21(28)24-11-13-4-9-16(29-3)17(10-13)30-20(22)23/h4-10,12,20H,11H2,1-3H3,(H2,24,25,28). The van der Waals surface area contributed by atoms with Crippen LogP contribution in [0.5, 0.6) is 11.5 Å². The lowest BCUT2D eigenvalue weighted by molar-refractivity contribution is -0.0512. The first-order valence-corrected chi connectivity index (χ1v) is 9.46. The minimum absolute atomic E-state index is 0.102. The Labute approximate surface area is 177 Å². The lowest BCUT2D eigenvalue weighted by Crippen LogP contribution is -2.28. The minimum Gasteiger partial charge on any atom is -0.493 e. The number of hydrogen-bond donors (Lipinski definition) is 2. The van der Waals surface area contributed by atoms with Gasteiger partial charge in [-0.1, -0.05) is 25.1 Å². The number of aromatic nitrogens is 2. The quantitative estimate of drug-likeness (QED) is 0.531. The molecule has 0 spiro atoms. The van der Waals surface area contributed by atoms with Crippen LogP contribution >= 0.6 is 0 Å². The predicted octanol–water partition coefficient (Wildman–Crippen LogP) is 4.79. The normalized spacial score (nSPS) is 10.9.